The Hall–Kier alpha value is -3.04. The topological polar surface area (TPSA) is 26.3 Å². The smallest absolute Gasteiger partial charge is 0.144 e. The highest BCUT2D eigenvalue weighted by molar-refractivity contribution is 9.10. The predicted molar refractivity (Wildman–Crippen MR) is 114 cm³/mol. The average molecular weight is 413 g/mol. The molecule has 128 valence electrons. The van der Waals surface area contributed by atoms with Gasteiger partial charge in [0.2, 0.25) is 0 Å². The van der Waals surface area contributed by atoms with Crippen LogP contribution in [0.15, 0.2) is 92.2 Å². The molecule has 2 heterocycles. The minimum Gasteiger partial charge on any atom is -0.456 e. The molecule has 0 saturated carbocycles. The van der Waals surface area contributed by atoms with Gasteiger partial charge in [0.15, 0.2) is 0 Å². The number of benzene rings is 4. The highest BCUT2D eigenvalue weighted by Gasteiger charge is 2.16. The summed E-state index contributed by atoms with van der Waals surface area (Å²) in [6.07, 6.45) is 0. The van der Waals surface area contributed by atoms with Gasteiger partial charge in [-0.05, 0) is 42.0 Å². The van der Waals surface area contributed by atoms with Crippen LogP contribution in [-0.4, -0.2) is 0 Å². The molecule has 4 aromatic carbocycles. The molecule has 0 saturated heterocycles. The maximum atomic E-state index is 6.23. The molecule has 0 aliphatic rings. The van der Waals surface area contributed by atoms with Gasteiger partial charge < -0.3 is 8.83 Å². The van der Waals surface area contributed by atoms with Gasteiger partial charge in [-0.15, -0.1) is 0 Å². The minimum atomic E-state index is 0.890. The first-order valence-corrected chi connectivity index (χ1v) is 9.60. The summed E-state index contributed by atoms with van der Waals surface area (Å²) in [6, 6.07) is 26.8. The van der Waals surface area contributed by atoms with Crippen LogP contribution >= 0.6 is 15.9 Å². The lowest BCUT2D eigenvalue weighted by Gasteiger charge is -2.04. The Morgan fingerprint density at radius 3 is 2.15 bits per heavy atom. The van der Waals surface area contributed by atoms with Crippen LogP contribution < -0.4 is 0 Å². The normalized spacial score (nSPS) is 11.9. The molecule has 3 heteroatoms. The van der Waals surface area contributed by atoms with Gasteiger partial charge >= 0.3 is 0 Å². The maximum absolute atomic E-state index is 6.23. The third-order valence-corrected chi connectivity index (χ3v) is 5.83. The summed E-state index contributed by atoms with van der Waals surface area (Å²) >= 11 is 3.69. The highest BCUT2D eigenvalue weighted by Crippen LogP contribution is 2.41. The molecule has 0 aliphatic heterocycles. The zero-order valence-electron chi connectivity index (χ0n) is 14.2. The van der Waals surface area contributed by atoms with E-state index in [4.69, 9.17) is 8.83 Å². The fourth-order valence-corrected chi connectivity index (χ4v) is 4.43. The van der Waals surface area contributed by atoms with Gasteiger partial charge in [0, 0.05) is 31.6 Å². The largest absolute Gasteiger partial charge is 0.456 e. The van der Waals surface area contributed by atoms with Crippen LogP contribution in [0.1, 0.15) is 0 Å². The second-order valence-corrected chi connectivity index (χ2v) is 7.56. The molecule has 2 aromatic heterocycles. The van der Waals surface area contributed by atoms with Crippen molar-refractivity contribution in [1.29, 1.82) is 0 Å². The van der Waals surface area contributed by atoms with E-state index in [-0.39, 0.29) is 0 Å². The van der Waals surface area contributed by atoms with Crippen molar-refractivity contribution in [2.24, 2.45) is 0 Å². The molecule has 6 rings (SSSR count). The third-order valence-electron chi connectivity index (χ3n) is 5.17. The SMILES string of the molecule is Brc1ccc(-c2ccc3c(c2)oc2ccccc23)c2oc3ccccc3c12. The number of halogens is 1. The standard InChI is InChI=1S/C24H13BrO2/c25-19-12-11-15(24-23(19)18-6-2-4-8-21(18)27-24)14-9-10-17-16-5-1-3-7-20(16)26-22(17)13-14/h1-13H. The molecular weight excluding hydrogens is 400 g/mol. The van der Waals surface area contributed by atoms with Crippen LogP contribution in [0.25, 0.3) is 55.0 Å². The number of para-hydroxylation sites is 2. The van der Waals surface area contributed by atoms with Crippen molar-refractivity contribution < 1.29 is 8.83 Å². The number of furan rings is 2. The second kappa shape index (κ2) is 5.48. The fraction of sp³-hybridized carbons (Fsp3) is 0. The number of hydrogen-bond acceptors (Lipinski definition) is 2. The Balaban J connectivity index is 1.67. The van der Waals surface area contributed by atoms with Crippen LogP contribution in [0, 0.1) is 0 Å². The van der Waals surface area contributed by atoms with E-state index < -0.39 is 0 Å². The van der Waals surface area contributed by atoms with Crippen molar-refractivity contribution in [3.63, 3.8) is 0 Å². The summed E-state index contributed by atoms with van der Waals surface area (Å²) < 4.78 is 13.3. The Kier molecular flexibility index (Phi) is 3.06. The highest BCUT2D eigenvalue weighted by atomic mass is 79.9. The zero-order chi connectivity index (χ0) is 18.0. The van der Waals surface area contributed by atoms with Crippen molar-refractivity contribution in [3.05, 3.63) is 83.3 Å². The van der Waals surface area contributed by atoms with Crippen molar-refractivity contribution >= 4 is 59.8 Å². The molecule has 0 aliphatic carbocycles. The summed E-state index contributed by atoms with van der Waals surface area (Å²) in [4.78, 5) is 0. The number of hydrogen-bond donors (Lipinski definition) is 0. The molecule has 0 radical (unpaired) electrons. The van der Waals surface area contributed by atoms with Crippen molar-refractivity contribution in [3.8, 4) is 11.1 Å². The predicted octanol–water partition coefficient (Wildman–Crippen LogP) is 7.91. The first kappa shape index (κ1) is 15.1. The molecule has 6 aromatic rings. The van der Waals surface area contributed by atoms with Crippen LogP contribution in [0.5, 0.6) is 0 Å². The zero-order valence-corrected chi connectivity index (χ0v) is 15.8. The first-order chi connectivity index (χ1) is 13.3. The molecule has 0 fully saturated rings. The molecule has 0 unspecified atom stereocenters. The van der Waals surface area contributed by atoms with Gasteiger partial charge in [-0.1, -0.05) is 58.4 Å². The summed E-state index contributed by atoms with van der Waals surface area (Å²) in [7, 11) is 0. The van der Waals surface area contributed by atoms with Gasteiger partial charge in [0.25, 0.3) is 0 Å². The minimum absolute atomic E-state index is 0.890. The van der Waals surface area contributed by atoms with E-state index in [1.807, 2.05) is 36.4 Å². The first-order valence-electron chi connectivity index (χ1n) is 8.81. The van der Waals surface area contributed by atoms with Crippen molar-refractivity contribution in [1.82, 2.24) is 0 Å². The summed E-state index contributed by atoms with van der Waals surface area (Å²) in [5.41, 5.74) is 5.73. The summed E-state index contributed by atoms with van der Waals surface area (Å²) in [5, 5.41) is 4.50. The Morgan fingerprint density at radius 2 is 1.30 bits per heavy atom. The molecule has 27 heavy (non-hydrogen) atoms. The molecule has 0 bridgehead atoms. The van der Waals surface area contributed by atoms with Gasteiger partial charge in [-0.2, -0.15) is 0 Å². The average Bonchev–Trinajstić information content (AvgIpc) is 3.26. The van der Waals surface area contributed by atoms with Crippen LogP contribution in [-0.2, 0) is 0 Å². The molecule has 2 nitrogen and oxygen atoms in total. The van der Waals surface area contributed by atoms with E-state index in [0.717, 1.165) is 59.5 Å². The third kappa shape index (κ3) is 2.12. The quantitative estimate of drug-likeness (QED) is 0.274. The molecular formula is C24H13BrO2. The van der Waals surface area contributed by atoms with E-state index in [0.29, 0.717) is 0 Å². The van der Waals surface area contributed by atoms with E-state index in [2.05, 4.69) is 58.4 Å². The number of rotatable bonds is 1. The van der Waals surface area contributed by atoms with E-state index in [1.54, 1.807) is 0 Å². The lowest BCUT2D eigenvalue weighted by molar-refractivity contribution is 0.668. The fourth-order valence-electron chi connectivity index (χ4n) is 3.91. The molecule has 0 N–H and O–H groups in total. The molecule has 0 spiro atoms. The number of fused-ring (bicyclic) bond motifs is 6. The summed E-state index contributed by atoms with van der Waals surface area (Å²) in [6.45, 7) is 0. The van der Waals surface area contributed by atoms with Gasteiger partial charge in [0.05, 0.1) is 0 Å². The van der Waals surface area contributed by atoms with E-state index >= 15 is 0 Å². The van der Waals surface area contributed by atoms with E-state index in [9.17, 15) is 0 Å². The van der Waals surface area contributed by atoms with Crippen molar-refractivity contribution in [2.45, 2.75) is 0 Å². The Labute approximate surface area is 163 Å². The van der Waals surface area contributed by atoms with Crippen molar-refractivity contribution in [2.75, 3.05) is 0 Å². The second-order valence-electron chi connectivity index (χ2n) is 6.71. The van der Waals surface area contributed by atoms with Gasteiger partial charge in [-0.3, -0.25) is 0 Å². The van der Waals surface area contributed by atoms with Crippen LogP contribution in [0.3, 0.4) is 0 Å². The molecule has 0 amide bonds. The summed E-state index contributed by atoms with van der Waals surface area (Å²) in [5.74, 6) is 0. The monoisotopic (exact) mass is 412 g/mol. The molecule has 0 atom stereocenters. The lowest BCUT2D eigenvalue weighted by atomic mass is 10.0. The maximum Gasteiger partial charge on any atom is 0.144 e. The Morgan fingerprint density at radius 1 is 0.593 bits per heavy atom. The van der Waals surface area contributed by atoms with E-state index in [1.165, 1.54) is 0 Å². The Bertz CT molecular complexity index is 1490. The van der Waals surface area contributed by atoms with Crippen LogP contribution in [0.4, 0.5) is 0 Å². The van der Waals surface area contributed by atoms with Gasteiger partial charge in [0.1, 0.15) is 22.3 Å². The van der Waals surface area contributed by atoms with Gasteiger partial charge in [-0.25, -0.2) is 0 Å². The van der Waals surface area contributed by atoms with Crippen LogP contribution in [0.2, 0.25) is 0 Å². The lowest BCUT2D eigenvalue weighted by Crippen LogP contribution is -1.80.